The molecule has 0 radical (unpaired) electrons. The third-order valence-electron chi connectivity index (χ3n) is 4.35. The van der Waals surface area contributed by atoms with Gasteiger partial charge in [-0.25, -0.2) is 4.98 Å². The fourth-order valence-corrected chi connectivity index (χ4v) is 2.83. The number of furan rings is 1. The summed E-state index contributed by atoms with van der Waals surface area (Å²) in [6.07, 6.45) is -3.77. The van der Waals surface area contributed by atoms with E-state index in [1.807, 2.05) is 0 Å². The molecule has 2 aromatic heterocycles. The lowest BCUT2D eigenvalue weighted by Gasteiger charge is -2.06. The quantitative estimate of drug-likeness (QED) is 0.395. The number of aldehydes is 1. The summed E-state index contributed by atoms with van der Waals surface area (Å²) in [5.41, 5.74) is 0.802. The predicted octanol–water partition coefficient (Wildman–Crippen LogP) is 5.81. The number of oxazole rings is 1. The molecular formula is C21H14F3NO4. The van der Waals surface area contributed by atoms with Crippen LogP contribution in [0.5, 0.6) is 5.75 Å². The van der Waals surface area contributed by atoms with E-state index in [2.05, 4.69) is 4.98 Å². The molecule has 2 heterocycles. The molecule has 0 bridgehead atoms. The van der Waals surface area contributed by atoms with Gasteiger partial charge < -0.3 is 13.6 Å². The van der Waals surface area contributed by atoms with Crippen LogP contribution in [-0.4, -0.2) is 11.3 Å². The van der Waals surface area contributed by atoms with Crippen LogP contribution in [0.25, 0.3) is 22.4 Å². The van der Waals surface area contributed by atoms with Crippen molar-refractivity contribution in [2.75, 3.05) is 0 Å². The Morgan fingerprint density at radius 1 is 1.07 bits per heavy atom. The smallest absolute Gasteiger partial charge is 0.416 e. The fourth-order valence-electron chi connectivity index (χ4n) is 2.83. The van der Waals surface area contributed by atoms with Crippen LogP contribution in [-0.2, 0) is 12.8 Å². The van der Waals surface area contributed by atoms with Gasteiger partial charge in [0.05, 0.1) is 5.56 Å². The monoisotopic (exact) mass is 401 g/mol. The molecule has 5 nitrogen and oxygen atoms in total. The Labute approximate surface area is 162 Å². The number of aromatic nitrogens is 1. The fraction of sp³-hybridized carbons (Fsp3) is 0.143. The third kappa shape index (κ3) is 3.87. The number of hydrogen-bond donors (Lipinski definition) is 0. The molecule has 0 atom stereocenters. The average Bonchev–Trinajstić information content (AvgIpc) is 3.28. The Hall–Kier alpha value is -3.55. The number of rotatable bonds is 5. The maximum absolute atomic E-state index is 12.7. The molecule has 148 valence electrons. The van der Waals surface area contributed by atoms with Gasteiger partial charge >= 0.3 is 6.18 Å². The lowest BCUT2D eigenvalue weighted by atomic mass is 10.1. The van der Waals surface area contributed by atoms with E-state index in [9.17, 15) is 18.0 Å². The predicted molar refractivity (Wildman–Crippen MR) is 97.6 cm³/mol. The number of aryl methyl sites for hydroxylation is 1. The number of halogens is 3. The van der Waals surface area contributed by atoms with Gasteiger partial charge in [0.1, 0.15) is 29.4 Å². The molecule has 4 rings (SSSR count). The largest absolute Gasteiger partial charge is 0.487 e. The number of carbonyl (C=O) groups excluding carboxylic acids is 1. The molecule has 0 fully saturated rings. The number of nitrogens with zero attached hydrogens (tertiary/aromatic N) is 1. The average molecular weight is 401 g/mol. The molecule has 4 aromatic rings. The van der Waals surface area contributed by atoms with Crippen molar-refractivity contribution in [2.45, 2.75) is 19.7 Å². The zero-order chi connectivity index (χ0) is 20.6. The lowest BCUT2D eigenvalue weighted by Crippen LogP contribution is -2.04. The highest BCUT2D eigenvalue weighted by molar-refractivity contribution is 5.85. The van der Waals surface area contributed by atoms with Gasteiger partial charge in [-0.05, 0) is 55.5 Å². The Balaban J connectivity index is 1.50. The van der Waals surface area contributed by atoms with E-state index < -0.39 is 11.7 Å². The summed E-state index contributed by atoms with van der Waals surface area (Å²) in [6.45, 7) is 1.81. The van der Waals surface area contributed by atoms with E-state index >= 15 is 0 Å². The summed E-state index contributed by atoms with van der Waals surface area (Å²) in [5.74, 6) is 1.50. The van der Waals surface area contributed by atoms with Crippen molar-refractivity contribution < 1.29 is 31.5 Å². The van der Waals surface area contributed by atoms with Crippen LogP contribution in [0.1, 0.15) is 27.6 Å². The van der Waals surface area contributed by atoms with E-state index in [0.29, 0.717) is 34.6 Å². The van der Waals surface area contributed by atoms with Gasteiger partial charge in [0.25, 0.3) is 0 Å². The minimum atomic E-state index is -4.40. The number of hydrogen-bond acceptors (Lipinski definition) is 5. The van der Waals surface area contributed by atoms with Crippen LogP contribution in [0.15, 0.2) is 57.4 Å². The standard InChI is InChI=1S/C21H14F3NO4/c1-12-18(11-27-16-6-7-19-14(8-16)9-17(10-26)29-19)25-20(28-12)13-2-4-15(5-3-13)21(22,23)24/h2-10H,11H2,1H3. The van der Waals surface area contributed by atoms with Gasteiger partial charge in [0.2, 0.25) is 5.89 Å². The van der Waals surface area contributed by atoms with Crippen LogP contribution < -0.4 is 4.74 Å². The second kappa shape index (κ2) is 7.12. The van der Waals surface area contributed by atoms with Gasteiger partial charge in [-0.2, -0.15) is 13.2 Å². The highest BCUT2D eigenvalue weighted by atomic mass is 19.4. The second-order valence-electron chi connectivity index (χ2n) is 6.35. The van der Waals surface area contributed by atoms with E-state index in [0.717, 1.165) is 17.5 Å². The van der Waals surface area contributed by atoms with Crippen molar-refractivity contribution in [1.29, 1.82) is 0 Å². The number of fused-ring (bicyclic) bond motifs is 1. The zero-order valence-electron chi connectivity index (χ0n) is 15.1. The first kappa shape index (κ1) is 18.8. The summed E-state index contributed by atoms with van der Waals surface area (Å²) in [7, 11) is 0. The molecule has 0 aliphatic heterocycles. The molecule has 0 amide bonds. The van der Waals surface area contributed by atoms with Crippen LogP contribution >= 0.6 is 0 Å². The molecule has 0 saturated heterocycles. The van der Waals surface area contributed by atoms with E-state index in [1.165, 1.54) is 12.1 Å². The van der Waals surface area contributed by atoms with Crippen molar-refractivity contribution in [3.63, 3.8) is 0 Å². The van der Waals surface area contributed by atoms with Gasteiger partial charge in [0, 0.05) is 10.9 Å². The minimum Gasteiger partial charge on any atom is -0.487 e. The molecule has 2 aromatic carbocycles. The van der Waals surface area contributed by atoms with Gasteiger partial charge in [-0.1, -0.05) is 0 Å². The number of carbonyl (C=O) groups is 1. The van der Waals surface area contributed by atoms with Gasteiger partial charge in [-0.15, -0.1) is 0 Å². The van der Waals surface area contributed by atoms with Crippen molar-refractivity contribution in [1.82, 2.24) is 4.98 Å². The first-order valence-corrected chi connectivity index (χ1v) is 8.59. The lowest BCUT2D eigenvalue weighted by molar-refractivity contribution is -0.137. The summed E-state index contributed by atoms with van der Waals surface area (Å²) in [4.78, 5) is 15.1. The number of benzene rings is 2. The van der Waals surface area contributed by atoms with E-state index in [1.54, 1.807) is 31.2 Å². The highest BCUT2D eigenvalue weighted by Crippen LogP contribution is 2.31. The molecule has 0 aliphatic carbocycles. The topological polar surface area (TPSA) is 65.5 Å². The summed E-state index contributed by atoms with van der Waals surface area (Å²) >= 11 is 0. The van der Waals surface area contributed by atoms with Crippen LogP contribution in [0.3, 0.4) is 0 Å². The van der Waals surface area contributed by atoms with Crippen molar-refractivity contribution >= 4 is 17.3 Å². The summed E-state index contributed by atoms with van der Waals surface area (Å²) < 4.78 is 54.7. The molecular weight excluding hydrogens is 387 g/mol. The maximum Gasteiger partial charge on any atom is 0.416 e. The molecule has 0 unspecified atom stereocenters. The highest BCUT2D eigenvalue weighted by Gasteiger charge is 2.30. The molecule has 8 heteroatoms. The Bertz CT molecular complexity index is 1170. The number of alkyl halides is 3. The normalized spacial score (nSPS) is 11.7. The van der Waals surface area contributed by atoms with E-state index in [4.69, 9.17) is 13.6 Å². The second-order valence-corrected chi connectivity index (χ2v) is 6.35. The van der Waals surface area contributed by atoms with Gasteiger partial charge in [-0.3, -0.25) is 4.79 Å². The van der Waals surface area contributed by atoms with Crippen molar-refractivity contribution in [3.05, 3.63) is 71.3 Å². The van der Waals surface area contributed by atoms with Crippen LogP contribution in [0, 0.1) is 6.92 Å². The zero-order valence-corrected chi connectivity index (χ0v) is 15.1. The maximum atomic E-state index is 12.7. The third-order valence-corrected chi connectivity index (χ3v) is 4.35. The van der Waals surface area contributed by atoms with Crippen LogP contribution in [0.2, 0.25) is 0 Å². The first-order chi connectivity index (χ1) is 13.8. The molecule has 0 saturated carbocycles. The Morgan fingerprint density at radius 2 is 1.83 bits per heavy atom. The van der Waals surface area contributed by atoms with E-state index in [-0.39, 0.29) is 18.3 Å². The van der Waals surface area contributed by atoms with Crippen LogP contribution in [0.4, 0.5) is 13.2 Å². The SMILES string of the molecule is Cc1oc(-c2ccc(C(F)(F)F)cc2)nc1COc1ccc2oc(C=O)cc2c1. The molecule has 0 spiro atoms. The molecule has 0 N–H and O–H groups in total. The van der Waals surface area contributed by atoms with Gasteiger partial charge in [0.15, 0.2) is 12.0 Å². The number of ether oxygens (including phenoxy) is 1. The molecule has 0 aliphatic rings. The molecule has 29 heavy (non-hydrogen) atoms. The Kier molecular flexibility index (Phi) is 4.62. The summed E-state index contributed by atoms with van der Waals surface area (Å²) in [6, 6.07) is 11.3. The summed E-state index contributed by atoms with van der Waals surface area (Å²) in [5, 5.41) is 0.729. The first-order valence-electron chi connectivity index (χ1n) is 8.59. The minimum absolute atomic E-state index is 0.111. The van der Waals surface area contributed by atoms with Crippen molar-refractivity contribution in [3.8, 4) is 17.2 Å². The van der Waals surface area contributed by atoms with Crippen molar-refractivity contribution in [2.24, 2.45) is 0 Å². The Morgan fingerprint density at radius 3 is 2.52 bits per heavy atom.